The molecule has 2 aromatic carbocycles. The van der Waals surface area contributed by atoms with E-state index in [0.717, 1.165) is 32.2 Å². The predicted octanol–water partition coefficient (Wildman–Crippen LogP) is 5.43. The summed E-state index contributed by atoms with van der Waals surface area (Å²) in [5.41, 5.74) is 3.73. The zero-order valence-electron chi connectivity index (χ0n) is 14.4. The van der Waals surface area contributed by atoms with Crippen molar-refractivity contribution in [2.75, 3.05) is 17.7 Å². The zero-order chi connectivity index (χ0) is 18.0. The molecule has 1 aromatic heterocycles. The summed E-state index contributed by atoms with van der Waals surface area (Å²) in [6, 6.07) is 11.4. The van der Waals surface area contributed by atoms with Crippen molar-refractivity contribution in [1.29, 1.82) is 0 Å². The molecule has 1 unspecified atom stereocenters. The molecule has 0 saturated carbocycles. The topological polar surface area (TPSA) is 54.0 Å². The van der Waals surface area contributed by atoms with Gasteiger partial charge < -0.3 is 10.6 Å². The molecule has 0 aliphatic carbocycles. The maximum atomic E-state index is 12.8. The standard InChI is InChI=1S/C19H20ClN3OS/c1-4-15(12-6-5-7-13(20)9-12)18(24)22-14-8-11(2)17-16(10-14)25-19(21-3)23-17/h5-10,15H,4H2,1-3H3,(H,21,23)(H,22,24). The predicted molar refractivity (Wildman–Crippen MR) is 107 cm³/mol. The van der Waals surface area contributed by atoms with Crippen molar-refractivity contribution in [2.45, 2.75) is 26.2 Å². The van der Waals surface area contributed by atoms with Crippen molar-refractivity contribution < 1.29 is 4.79 Å². The Hall–Kier alpha value is -2.11. The molecule has 0 aliphatic heterocycles. The van der Waals surface area contributed by atoms with E-state index in [4.69, 9.17) is 11.6 Å². The number of nitrogens with zero attached hydrogens (tertiary/aromatic N) is 1. The lowest BCUT2D eigenvalue weighted by molar-refractivity contribution is -0.117. The smallest absolute Gasteiger partial charge is 0.231 e. The monoisotopic (exact) mass is 373 g/mol. The van der Waals surface area contributed by atoms with E-state index in [9.17, 15) is 4.79 Å². The minimum absolute atomic E-state index is 0.0260. The van der Waals surface area contributed by atoms with Crippen LogP contribution in [-0.2, 0) is 4.79 Å². The third kappa shape index (κ3) is 3.78. The van der Waals surface area contributed by atoms with Gasteiger partial charge in [-0.3, -0.25) is 4.79 Å². The lowest BCUT2D eigenvalue weighted by Crippen LogP contribution is -2.20. The number of aryl methyl sites for hydroxylation is 1. The van der Waals surface area contributed by atoms with Crippen molar-refractivity contribution in [3.8, 4) is 0 Å². The Kier molecular flexibility index (Phi) is 5.25. The number of aromatic nitrogens is 1. The van der Waals surface area contributed by atoms with Crippen LogP contribution in [0, 0.1) is 6.92 Å². The molecule has 0 saturated heterocycles. The summed E-state index contributed by atoms with van der Waals surface area (Å²) in [5.74, 6) is -0.258. The third-order valence-electron chi connectivity index (χ3n) is 4.14. The molecule has 0 bridgehead atoms. The second-order valence-corrected chi connectivity index (χ2v) is 7.38. The molecule has 6 heteroatoms. The van der Waals surface area contributed by atoms with E-state index in [0.29, 0.717) is 11.4 Å². The molecule has 0 radical (unpaired) electrons. The van der Waals surface area contributed by atoms with Crippen LogP contribution in [0.2, 0.25) is 5.02 Å². The Morgan fingerprint density at radius 2 is 2.12 bits per heavy atom. The fourth-order valence-corrected chi connectivity index (χ4v) is 4.04. The number of nitrogens with one attached hydrogen (secondary N) is 2. The van der Waals surface area contributed by atoms with Gasteiger partial charge in [-0.25, -0.2) is 4.98 Å². The first kappa shape index (κ1) is 17.7. The van der Waals surface area contributed by atoms with E-state index in [1.54, 1.807) is 11.3 Å². The molecule has 25 heavy (non-hydrogen) atoms. The number of thiazole rings is 1. The van der Waals surface area contributed by atoms with E-state index in [1.807, 2.05) is 57.3 Å². The molecule has 1 heterocycles. The first-order valence-electron chi connectivity index (χ1n) is 8.17. The Bertz CT molecular complexity index is 922. The van der Waals surface area contributed by atoms with Crippen LogP contribution in [0.3, 0.4) is 0 Å². The van der Waals surface area contributed by atoms with Crippen molar-refractivity contribution in [1.82, 2.24) is 4.98 Å². The normalized spacial score (nSPS) is 12.2. The van der Waals surface area contributed by atoms with Crippen molar-refractivity contribution in [2.24, 2.45) is 0 Å². The Balaban J connectivity index is 1.87. The van der Waals surface area contributed by atoms with Gasteiger partial charge in [-0.15, -0.1) is 0 Å². The summed E-state index contributed by atoms with van der Waals surface area (Å²) < 4.78 is 1.05. The molecule has 1 atom stereocenters. The average Bonchev–Trinajstić information content (AvgIpc) is 2.99. The van der Waals surface area contributed by atoms with Gasteiger partial charge in [-0.2, -0.15) is 0 Å². The molecule has 0 aliphatic rings. The molecule has 3 aromatic rings. The fraction of sp³-hybridized carbons (Fsp3) is 0.263. The lowest BCUT2D eigenvalue weighted by atomic mass is 9.95. The van der Waals surface area contributed by atoms with Gasteiger partial charge >= 0.3 is 0 Å². The second-order valence-electron chi connectivity index (χ2n) is 5.91. The highest BCUT2D eigenvalue weighted by atomic mass is 35.5. The molecular formula is C19H20ClN3OS. The van der Waals surface area contributed by atoms with Gasteiger partial charge in [0.25, 0.3) is 0 Å². The molecule has 130 valence electrons. The molecule has 0 fully saturated rings. The fourth-order valence-electron chi connectivity index (χ4n) is 2.90. The Morgan fingerprint density at radius 1 is 1.32 bits per heavy atom. The van der Waals surface area contributed by atoms with Crippen molar-refractivity contribution in [3.05, 3.63) is 52.5 Å². The SMILES string of the molecule is CCC(C(=O)Nc1cc(C)c2nc(NC)sc2c1)c1cccc(Cl)c1. The second kappa shape index (κ2) is 7.42. The van der Waals surface area contributed by atoms with Crippen LogP contribution in [0.15, 0.2) is 36.4 Å². The van der Waals surface area contributed by atoms with Gasteiger partial charge in [-0.1, -0.05) is 42.0 Å². The van der Waals surface area contributed by atoms with Gasteiger partial charge in [0.1, 0.15) is 0 Å². The van der Waals surface area contributed by atoms with E-state index < -0.39 is 0 Å². The number of carbonyl (C=O) groups is 1. The molecule has 4 nitrogen and oxygen atoms in total. The number of amides is 1. The number of carbonyl (C=O) groups excluding carboxylic acids is 1. The summed E-state index contributed by atoms with van der Waals surface area (Å²) in [6.07, 6.45) is 0.706. The maximum Gasteiger partial charge on any atom is 0.231 e. The van der Waals surface area contributed by atoms with Gasteiger partial charge in [0, 0.05) is 17.8 Å². The highest BCUT2D eigenvalue weighted by Crippen LogP contribution is 2.31. The lowest BCUT2D eigenvalue weighted by Gasteiger charge is -2.16. The minimum Gasteiger partial charge on any atom is -0.365 e. The summed E-state index contributed by atoms with van der Waals surface area (Å²) in [6.45, 7) is 4.01. The molecule has 2 N–H and O–H groups in total. The average molecular weight is 374 g/mol. The number of benzene rings is 2. The maximum absolute atomic E-state index is 12.8. The summed E-state index contributed by atoms with van der Waals surface area (Å²) in [4.78, 5) is 17.3. The largest absolute Gasteiger partial charge is 0.365 e. The summed E-state index contributed by atoms with van der Waals surface area (Å²) >= 11 is 7.64. The molecule has 3 rings (SSSR count). The van der Waals surface area contributed by atoms with E-state index >= 15 is 0 Å². The van der Waals surface area contributed by atoms with Gasteiger partial charge in [-0.05, 0) is 48.7 Å². The Labute approximate surface area is 156 Å². The molecule has 1 amide bonds. The van der Waals surface area contributed by atoms with Gasteiger partial charge in [0.2, 0.25) is 5.91 Å². The van der Waals surface area contributed by atoms with Crippen LogP contribution in [0.5, 0.6) is 0 Å². The zero-order valence-corrected chi connectivity index (χ0v) is 16.0. The van der Waals surface area contributed by atoms with Crippen LogP contribution in [-0.4, -0.2) is 17.9 Å². The number of anilines is 2. The van der Waals surface area contributed by atoms with Crippen LogP contribution in [0.1, 0.15) is 30.4 Å². The van der Waals surface area contributed by atoms with Crippen LogP contribution < -0.4 is 10.6 Å². The van der Waals surface area contributed by atoms with E-state index in [2.05, 4.69) is 15.6 Å². The van der Waals surface area contributed by atoms with E-state index in [-0.39, 0.29) is 11.8 Å². The molecule has 0 spiro atoms. The number of hydrogen-bond donors (Lipinski definition) is 2. The first-order chi connectivity index (χ1) is 12.0. The van der Waals surface area contributed by atoms with Crippen LogP contribution in [0.4, 0.5) is 10.8 Å². The Morgan fingerprint density at radius 3 is 2.80 bits per heavy atom. The van der Waals surface area contributed by atoms with Crippen molar-refractivity contribution >= 4 is 49.9 Å². The van der Waals surface area contributed by atoms with Crippen LogP contribution in [0.25, 0.3) is 10.2 Å². The number of fused-ring (bicyclic) bond motifs is 1. The van der Waals surface area contributed by atoms with Gasteiger partial charge in [0.05, 0.1) is 16.1 Å². The highest BCUT2D eigenvalue weighted by molar-refractivity contribution is 7.22. The number of rotatable bonds is 5. The number of hydrogen-bond acceptors (Lipinski definition) is 4. The first-order valence-corrected chi connectivity index (χ1v) is 9.36. The van der Waals surface area contributed by atoms with Crippen molar-refractivity contribution in [3.63, 3.8) is 0 Å². The summed E-state index contributed by atoms with van der Waals surface area (Å²) in [5, 5.41) is 7.62. The van der Waals surface area contributed by atoms with Crippen LogP contribution >= 0.6 is 22.9 Å². The summed E-state index contributed by atoms with van der Waals surface area (Å²) in [7, 11) is 1.85. The van der Waals surface area contributed by atoms with Gasteiger partial charge in [0.15, 0.2) is 5.13 Å². The minimum atomic E-state index is -0.232. The van der Waals surface area contributed by atoms with E-state index in [1.165, 1.54) is 0 Å². The number of halogens is 1. The third-order valence-corrected chi connectivity index (χ3v) is 5.40. The quantitative estimate of drug-likeness (QED) is 0.626. The highest BCUT2D eigenvalue weighted by Gasteiger charge is 2.19. The molecular weight excluding hydrogens is 354 g/mol.